The maximum atomic E-state index is 12.6. The minimum Gasteiger partial charge on any atom is -0.349 e. The third-order valence-corrected chi connectivity index (χ3v) is 5.22. The molecule has 4 rings (SSSR count). The van der Waals surface area contributed by atoms with Crippen LogP contribution >= 0.6 is 0 Å². The average Bonchev–Trinajstić information content (AvgIpc) is 3.10. The van der Waals surface area contributed by atoms with Crippen molar-refractivity contribution < 1.29 is 4.79 Å². The second-order valence-corrected chi connectivity index (χ2v) is 6.59. The Hall–Kier alpha value is -2.17. The molecule has 2 aromatic rings. The number of rotatable bonds is 2. The highest BCUT2D eigenvalue weighted by Gasteiger charge is 2.40. The first kappa shape index (κ1) is 13.5. The lowest BCUT2D eigenvalue weighted by atomic mass is 9.95. The van der Waals surface area contributed by atoms with Crippen LogP contribution in [0.25, 0.3) is 5.65 Å². The van der Waals surface area contributed by atoms with Crippen molar-refractivity contribution in [2.24, 2.45) is 11.8 Å². The molecular weight excluding hydrogens is 278 g/mol. The van der Waals surface area contributed by atoms with E-state index in [-0.39, 0.29) is 23.1 Å². The topological polar surface area (TPSA) is 63.5 Å². The lowest BCUT2D eigenvalue weighted by molar-refractivity contribution is 0.0921. The summed E-state index contributed by atoms with van der Waals surface area (Å²) in [6.07, 6.45) is 6.16. The highest BCUT2D eigenvalue weighted by Crippen LogP contribution is 2.44. The summed E-state index contributed by atoms with van der Waals surface area (Å²) in [4.78, 5) is 29.3. The van der Waals surface area contributed by atoms with Crippen LogP contribution in [-0.4, -0.2) is 21.3 Å². The van der Waals surface area contributed by atoms with Crippen LogP contribution in [-0.2, 0) is 0 Å². The first-order valence-electron chi connectivity index (χ1n) is 7.92. The fraction of sp³-hybridized carbons (Fsp3) is 0.471. The lowest BCUT2D eigenvalue weighted by Crippen LogP contribution is -2.41. The minimum atomic E-state index is -0.288. The van der Waals surface area contributed by atoms with Gasteiger partial charge in [-0.3, -0.25) is 14.0 Å². The monoisotopic (exact) mass is 297 g/mol. The van der Waals surface area contributed by atoms with Crippen molar-refractivity contribution in [3.63, 3.8) is 0 Å². The van der Waals surface area contributed by atoms with Crippen LogP contribution in [0.4, 0.5) is 0 Å². The van der Waals surface area contributed by atoms with E-state index < -0.39 is 0 Å². The summed E-state index contributed by atoms with van der Waals surface area (Å²) in [5.74, 6) is 1.06. The van der Waals surface area contributed by atoms with E-state index in [2.05, 4.69) is 10.3 Å². The lowest BCUT2D eigenvalue weighted by Gasteiger charge is -2.22. The van der Waals surface area contributed by atoms with Gasteiger partial charge in [0.1, 0.15) is 11.2 Å². The molecule has 2 heterocycles. The SMILES string of the molecule is Cc1cccc2ncc(C(=O)NC3CC4CCC3C4)c(=O)n12. The van der Waals surface area contributed by atoms with E-state index in [4.69, 9.17) is 0 Å². The Kier molecular flexibility index (Phi) is 3.03. The number of fused-ring (bicyclic) bond motifs is 3. The number of carbonyl (C=O) groups is 1. The Balaban J connectivity index is 1.66. The van der Waals surface area contributed by atoms with Gasteiger partial charge >= 0.3 is 0 Å². The van der Waals surface area contributed by atoms with Crippen molar-refractivity contribution >= 4 is 11.6 Å². The zero-order chi connectivity index (χ0) is 15.3. The van der Waals surface area contributed by atoms with Gasteiger partial charge in [-0.2, -0.15) is 0 Å². The van der Waals surface area contributed by atoms with E-state index >= 15 is 0 Å². The van der Waals surface area contributed by atoms with Crippen molar-refractivity contribution in [2.75, 3.05) is 0 Å². The highest BCUT2D eigenvalue weighted by molar-refractivity contribution is 5.94. The summed E-state index contributed by atoms with van der Waals surface area (Å²) in [7, 11) is 0. The van der Waals surface area contributed by atoms with Crippen LogP contribution in [0.2, 0.25) is 0 Å². The number of aromatic nitrogens is 2. The fourth-order valence-electron chi connectivity index (χ4n) is 4.10. The van der Waals surface area contributed by atoms with Crippen LogP contribution in [0.15, 0.2) is 29.2 Å². The number of aryl methyl sites for hydroxylation is 1. The number of carbonyl (C=O) groups excluding carboxylic acids is 1. The standard InChI is InChI=1S/C17H19N3O2/c1-10-3-2-4-15-18-9-13(17(22)20(10)15)16(21)19-14-8-11-5-6-12(14)7-11/h2-4,9,11-12,14H,5-8H2,1H3,(H,19,21). The van der Waals surface area contributed by atoms with Crippen LogP contribution < -0.4 is 10.9 Å². The average molecular weight is 297 g/mol. The first-order chi connectivity index (χ1) is 10.6. The number of pyridine rings is 1. The van der Waals surface area contributed by atoms with Gasteiger partial charge in [0.05, 0.1) is 0 Å². The third-order valence-electron chi connectivity index (χ3n) is 5.22. The number of amides is 1. The summed E-state index contributed by atoms with van der Waals surface area (Å²) in [6, 6.07) is 5.69. The molecular formula is C17H19N3O2. The zero-order valence-corrected chi connectivity index (χ0v) is 12.6. The van der Waals surface area contributed by atoms with Crippen molar-refractivity contribution in [2.45, 2.75) is 38.6 Å². The Bertz CT molecular complexity index is 811. The van der Waals surface area contributed by atoms with E-state index in [1.54, 1.807) is 6.07 Å². The van der Waals surface area contributed by atoms with Gasteiger partial charge in [-0.25, -0.2) is 4.98 Å². The van der Waals surface area contributed by atoms with Crippen LogP contribution in [0, 0.1) is 18.8 Å². The quantitative estimate of drug-likeness (QED) is 0.921. The summed E-state index contributed by atoms with van der Waals surface area (Å²) in [5.41, 5.74) is 1.20. The van der Waals surface area contributed by atoms with Crippen LogP contribution in [0.5, 0.6) is 0 Å². The predicted molar refractivity (Wildman–Crippen MR) is 82.9 cm³/mol. The second-order valence-electron chi connectivity index (χ2n) is 6.59. The molecule has 0 radical (unpaired) electrons. The normalized spacial score (nSPS) is 26.5. The van der Waals surface area contributed by atoms with Gasteiger partial charge in [0.15, 0.2) is 0 Å². The number of hydrogen-bond donors (Lipinski definition) is 1. The molecule has 5 nitrogen and oxygen atoms in total. The Morgan fingerprint density at radius 1 is 1.32 bits per heavy atom. The van der Waals surface area contributed by atoms with Crippen molar-refractivity contribution in [3.8, 4) is 0 Å². The minimum absolute atomic E-state index is 0.134. The smallest absolute Gasteiger partial charge is 0.270 e. The zero-order valence-electron chi connectivity index (χ0n) is 12.6. The molecule has 2 aliphatic carbocycles. The Morgan fingerprint density at radius 3 is 2.91 bits per heavy atom. The molecule has 114 valence electrons. The van der Waals surface area contributed by atoms with Crippen molar-refractivity contribution in [1.29, 1.82) is 0 Å². The molecule has 2 aromatic heterocycles. The molecule has 2 bridgehead atoms. The van der Waals surface area contributed by atoms with Gasteiger partial charge in [0.2, 0.25) is 0 Å². The van der Waals surface area contributed by atoms with Gasteiger partial charge in [-0.1, -0.05) is 12.5 Å². The first-order valence-corrected chi connectivity index (χ1v) is 7.92. The van der Waals surface area contributed by atoms with Gasteiger partial charge in [-0.05, 0) is 50.2 Å². The molecule has 5 heteroatoms. The van der Waals surface area contributed by atoms with E-state index in [0.717, 1.165) is 18.0 Å². The van der Waals surface area contributed by atoms with Crippen LogP contribution in [0.3, 0.4) is 0 Å². The van der Waals surface area contributed by atoms with E-state index in [1.165, 1.54) is 29.9 Å². The molecule has 3 unspecified atom stereocenters. The van der Waals surface area contributed by atoms with E-state index in [0.29, 0.717) is 11.6 Å². The molecule has 22 heavy (non-hydrogen) atoms. The van der Waals surface area contributed by atoms with Gasteiger partial charge < -0.3 is 5.32 Å². The van der Waals surface area contributed by atoms with Gasteiger partial charge in [-0.15, -0.1) is 0 Å². The molecule has 2 aliphatic rings. The van der Waals surface area contributed by atoms with Gasteiger partial charge in [0.25, 0.3) is 11.5 Å². The number of hydrogen-bond acceptors (Lipinski definition) is 3. The maximum Gasteiger partial charge on any atom is 0.270 e. The second kappa shape index (κ2) is 4.93. The van der Waals surface area contributed by atoms with E-state index in [9.17, 15) is 9.59 Å². The molecule has 3 atom stereocenters. The maximum absolute atomic E-state index is 12.6. The molecule has 1 amide bonds. The third kappa shape index (κ3) is 2.03. The van der Waals surface area contributed by atoms with Crippen molar-refractivity contribution in [1.82, 2.24) is 14.7 Å². The largest absolute Gasteiger partial charge is 0.349 e. The summed E-state index contributed by atoms with van der Waals surface area (Å²) in [6.45, 7) is 1.84. The Morgan fingerprint density at radius 2 is 2.18 bits per heavy atom. The molecule has 1 N–H and O–H groups in total. The van der Waals surface area contributed by atoms with E-state index in [1.807, 2.05) is 19.1 Å². The van der Waals surface area contributed by atoms with Crippen LogP contribution in [0.1, 0.15) is 41.7 Å². The molecule has 0 aromatic carbocycles. The summed E-state index contributed by atoms with van der Waals surface area (Å²) in [5, 5.41) is 3.06. The highest BCUT2D eigenvalue weighted by atomic mass is 16.2. The predicted octanol–water partition coefficient (Wildman–Crippen LogP) is 1.92. The molecule has 0 spiro atoms. The van der Waals surface area contributed by atoms with Gasteiger partial charge in [0, 0.05) is 17.9 Å². The molecule has 2 fully saturated rings. The molecule has 0 aliphatic heterocycles. The number of nitrogens with zero attached hydrogens (tertiary/aromatic N) is 2. The summed E-state index contributed by atoms with van der Waals surface area (Å²) < 4.78 is 1.50. The molecule has 0 saturated heterocycles. The number of nitrogens with one attached hydrogen (secondary N) is 1. The summed E-state index contributed by atoms with van der Waals surface area (Å²) >= 11 is 0. The Labute approximate surface area is 128 Å². The fourth-order valence-corrected chi connectivity index (χ4v) is 4.10. The molecule has 2 saturated carbocycles. The van der Waals surface area contributed by atoms with Crippen molar-refractivity contribution in [3.05, 3.63) is 46.0 Å².